The van der Waals surface area contributed by atoms with Gasteiger partial charge in [0.25, 0.3) is 0 Å². The zero-order valence-corrected chi connectivity index (χ0v) is 61.7. The van der Waals surface area contributed by atoms with Crippen LogP contribution in [0.3, 0.4) is 0 Å². The van der Waals surface area contributed by atoms with Crippen LogP contribution in [0.4, 0.5) is 0 Å². The van der Waals surface area contributed by atoms with Crippen LogP contribution in [0.5, 0.6) is 0 Å². The summed E-state index contributed by atoms with van der Waals surface area (Å²) >= 11 is 6.24. The molecule has 0 unspecified atom stereocenters. The number of hydrogen-bond acceptors (Lipinski definition) is 10. The fraction of sp³-hybridized carbons (Fsp3) is 0.188. The van der Waals surface area contributed by atoms with Gasteiger partial charge in [-0.3, -0.25) is 0 Å². The van der Waals surface area contributed by atoms with E-state index in [1.54, 1.807) is 0 Å². The highest BCUT2D eigenvalue weighted by atomic mass is 35.5. The molecule has 0 radical (unpaired) electrons. The first-order valence-electron chi connectivity index (χ1n) is 38.0. The number of nitrogens with zero attached hydrogens (tertiary/aromatic N) is 6. The van der Waals surface area contributed by atoms with Crippen LogP contribution < -0.4 is 5.46 Å². The molecule has 108 heavy (non-hydrogen) atoms. The molecule has 0 amide bonds. The second-order valence-corrected chi connectivity index (χ2v) is 31.0. The van der Waals surface area contributed by atoms with Gasteiger partial charge in [0.15, 0.2) is 34.9 Å². The highest BCUT2D eigenvalue weighted by molar-refractivity contribution is 6.62. The molecule has 12 heteroatoms. The lowest BCUT2D eigenvalue weighted by Gasteiger charge is -2.36. The van der Waals surface area contributed by atoms with E-state index in [2.05, 4.69) is 161 Å². The first-order chi connectivity index (χ1) is 52.8. The van der Waals surface area contributed by atoms with Gasteiger partial charge in [0, 0.05) is 70.8 Å². The number of para-hydroxylation sites is 2. The van der Waals surface area contributed by atoms with Gasteiger partial charge in [0.05, 0.1) is 11.2 Å². The van der Waals surface area contributed by atoms with Crippen molar-refractivity contribution in [1.82, 2.24) is 29.9 Å². The Morgan fingerprint density at radius 1 is 0.278 bits per heavy atom. The molecule has 10 nitrogen and oxygen atoms in total. The Bertz CT molecular complexity index is 6140. The van der Waals surface area contributed by atoms with Crippen LogP contribution in [0.1, 0.15) is 114 Å². The molecule has 5 heterocycles. The van der Waals surface area contributed by atoms with Crippen molar-refractivity contribution < 1.29 is 18.1 Å². The molecule has 4 aromatic heterocycles. The fourth-order valence-corrected chi connectivity index (χ4v) is 17.7. The van der Waals surface area contributed by atoms with Crippen molar-refractivity contribution in [2.45, 2.75) is 114 Å². The van der Waals surface area contributed by atoms with E-state index >= 15 is 0 Å². The first kappa shape index (κ1) is 67.2. The van der Waals surface area contributed by atoms with E-state index in [9.17, 15) is 0 Å². The highest BCUT2D eigenvalue weighted by Crippen LogP contribution is 2.58. The van der Waals surface area contributed by atoms with E-state index in [-0.39, 0.29) is 29.2 Å². The normalized spacial score (nSPS) is 16.0. The monoisotopic (exact) mass is 1420 g/mol. The third-order valence-corrected chi connectivity index (χ3v) is 23.9. The van der Waals surface area contributed by atoms with Crippen LogP contribution in [-0.2, 0) is 20.1 Å². The number of benzene rings is 12. The molecule has 21 rings (SSSR count). The average molecular weight is 1430 g/mol. The molecule has 3 fully saturated rings. The largest absolute Gasteiger partial charge is 0.494 e. The van der Waals surface area contributed by atoms with Gasteiger partial charge in [-0.2, -0.15) is 0 Å². The van der Waals surface area contributed by atoms with Crippen LogP contribution in [0.25, 0.3) is 146 Å². The number of aromatic nitrogens is 6. The molecule has 0 atom stereocenters. The van der Waals surface area contributed by atoms with Gasteiger partial charge in [-0.15, -0.1) is 0 Å². The molecule has 0 bridgehead atoms. The molecule has 12 aromatic carbocycles. The van der Waals surface area contributed by atoms with Gasteiger partial charge in [-0.05, 0) is 187 Å². The maximum absolute atomic E-state index is 6.31. The van der Waals surface area contributed by atoms with Crippen molar-refractivity contribution >= 4 is 68.1 Å². The van der Waals surface area contributed by atoms with Crippen molar-refractivity contribution in [3.63, 3.8) is 0 Å². The Hall–Kier alpha value is -11.5. The number of rotatable bonds is 8. The predicted molar refractivity (Wildman–Crippen MR) is 438 cm³/mol. The summed E-state index contributed by atoms with van der Waals surface area (Å²) in [6.07, 6.45) is 13.0. The Morgan fingerprint density at radius 3 is 1.14 bits per heavy atom. The van der Waals surface area contributed by atoms with Crippen LogP contribution in [0, 0.1) is 0 Å². The Morgan fingerprint density at radius 2 is 0.639 bits per heavy atom. The number of halogens is 1. The summed E-state index contributed by atoms with van der Waals surface area (Å²) in [6, 6.07) is 96.8. The molecule has 526 valence electrons. The Labute approximate surface area is 634 Å². The fourth-order valence-electron chi connectivity index (χ4n) is 17.5. The predicted octanol–water partition coefficient (Wildman–Crippen LogP) is 24.3. The van der Waals surface area contributed by atoms with Crippen LogP contribution >= 0.6 is 11.6 Å². The van der Waals surface area contributed by atoms with Crippen LogP contribution in [0.2, 0.25) is 5.02 Å². The molecule has 1 aliphatic heterocycles. The van der Waals surface area contributed by atoms with E-state index in [0.29, 0.717) is 40.0 Å². The molecular formula is C96H78BClN6O4. The Kier molecular flexibility index (Phi) is 16.8. The van der Waals surface area contributed by atoms with Gasteiger partial charge in [-0.25, -0.2) is 29.9 Å². The molecule has 2 saturated carbocycles. The summed E-state index contributed by atoms with van der Waals surface area (Å²) in [6.45, 7) is 8.47. The minimum absolute atomic E-state index is 0.158. The minimum Gasteiger partial charge on any atom is -0.456 e. The van der Waals surface area contributed by atoms with Gasteiger partial charge < -0.3 is 18.1 Å². The van der Waals surface area contributed by atoms with Crippen molar-refractivity contribution in [3.8, 4) is 102 Å². The van der Waals surface area contributed by atoms with Crippen LogP contribution in [-0.4, -0.2) is 48.2 Å². The van der Waals surface area contributed by atoms with Gasteiger partial charge >= 0.3 is 7.12 Å². The number of hydrogen-bond donors (Lipinski definition) is 0. The maximum atomic E-state index is 6.31. The second-order valence-electron chi connectivity index (χ2n) is 30.6. The van der Waals surface area contributed by atoms with E-state index in [1.165, 1.54) is 114 Å². The van der Waals surface area contributed by atoms with E-state index in [1.807, 2.05) is 146 Å². The molecule has 4 aliphatic carbocycles. The smallest absolute Gasteiger partial charge is 0.456 e. The van der Waals surface area contributed by atoms with E-state index in [4.69, 9.17) is 59.6 Å². The van der Waals surface area contributed by atoms with Crippen LogP contribution in [0.15, 0.2) is 288 Å². The highest BCUT2D eigenvalue weighted by Gasteiger charge is 2.53. The topological polar surface area (TPSA) is 122 Å². The summed E-state index contributed by atoms with van der Waals surface area (Å²) in [5.74, 6) is 3.72. The molecular weight excluding hydrogens is 1350 g/mol. The van der Waals surface area contributed by atoms with E-state index < -0.39 is 0 Å². The second kappa shape index (κ2) is 27.1. The molecule has 1 saturated heterocycles. The zero-order chi connectivity index (χ0) is 72.7. The SMILES string of the molecule is CC1(C)OB(c2ccc3c(c2)-c2ccccc2C32CCCCC2)OC1(C)C.Clc1cccc(-c2nc(-c3ccccc3)nc(-c3ccc4oc5ccccc5c4c3)n2)c1.c1ccc(-c2nc(-c3cccc(-c4ccc5c(c4)-c4ccccc4C54CCCCC4)c3)nc(-c3ccc4oc5ccccc5c4c3)n2)cc1. The van der Waals surface area contributed by atoms with Crippen molar-refractivity contribution in [2.75, 3.05) is 0 Å². The van der Waals surface area contributed by atoms with Crippen molar-refractivity contribution in [2.24, 2.45) is 0 Å². The quantitative estimate of drug-likeness (QED) is 0.136. The lowest BCUT2D eigenvalue weighted by Crippen LogP contribution is -2.41. The molecule has 5 aliphatic rings. The van der Waals surface area contributed by atoms with Gasteiger partial charge in [0.1, 0.15) is 22.3 Å². The molecule has 0 N–H and O–H groups in total. The summed E-state index contributed by atoms with van der Waals surface area (Å²) in [4.78, 5) is 29.5. The van der Waals surface area contributed by atoms with Gasteiger partial charge in [-0.1, -0.05) is 256 Å². The molecule has 16 aromatic rings. The van der Waals surface area contributed by atoms with Crippen molar-refractivity contribution in [3.05, 3.63) is 306 Å². The number of fused-ring (bicyclic) bond motifs is 16. The zero-order valence-electron chi connectivity index (χ0n) is 60.9. The minimum atomic E-state index is -0.306. The third kappa shape index (κ3) is 11.9. The summed E-state index contributed by atoms with van der Waals surface area (Å²) in [7, 11) is -0.296. The summed E-state index contributed by atoms with van der Waals surface area (Å²) in [5, 5.41) is 4.86. The third-order valence-electron chi connectivity index (χ3n) is 23.6. The number of furan rings is 2. The maximum Gasteiger partial charge on any atom is 0.494 e. The van der Waals surface area contributed by atoms with Crippen molar-refractivity contribution in [1.29, 1.82) is 0 Å². The lowest BCUT2D eigenvalue weighted by atomic mass is 9.67. The molecule has 2 spiro atoms. The summed E-state index contributed by atoms with van der Waals surface area (Å²) < 4.78 is 24.7. The van der Waals surface area contributed by atoms with E-state index in [0.717, 1.165) is 88.3 Å². The first-order valence-corrected chi connectivity index (χ1v) is 38.4. The standard InChI is InChI=1S/C45H33N3O.C27H16ClN3O.C24H29BO2/c1-3-12-29(13-4-1)42-46-43(48-44(47-42)33-21-23-41-37(28-33)35-17-6-8-19-40(35)49-41)32-15-11-14-30(26-32)31-20-22-39-36(27-31)34-16-5-7-18-38(34)45(39)24-9-2-10-25-45;28-20-10-6-9-18(15-20)26-29-25(17-7-2-1-3-8-17)30-27(31-26)19-13-14-24-22(16-19)21-11-4-5-12-23(21)32-24;1-22(2)23(3,4)27-25(26-22)17-12-13-21-19(16-17)18-10-6-7-11-20(18)24(21)14-8-5-9-15-24/h1,3-8,11-23,26-28H,2,9-10,24-25H2;1-16H;6-7,10-13,16H,5,8-9,14-15H2,1-4H3. The average Bonchev–Trinajstić information content (AvgIpc) is 1.56. The summed E-state index contributed by atoms with van der Waals surface area (Å²) in [5.41, 5.74) is 23.8. The lowest BCUT2D eigenvalue weighted by molar-refractivity contribution is 0.00578. The van der Waals surface area contributed by atoms with Gasteiger partial charge in [0.2, 0.25) is 0 Å². The Balaban J connectivity index is 0.000000117.